The first-order valence-electron chi connectivity index (χ1n) is 4.48. The minimum atomic E-state index is -4.90. The summed E-state index contributed by atoms with van der Waals surface area (Å²) in [5, 5.41) is 13.6. The van der Waals surface area contributed by atoms with E-state index in [0.717, 1.165) is 0 Å². The lowest BCUT2D eigenvalue weighted by Gasteiger charge is -2.17. The van der Waals surface area contributed by atoms with Gasteiger partial charge in [0, 0.05) is 0 Å². The van der Waals surface area contributed by atoms with Gasteiger partial charge in [-0.2, -0.15) is 26.3 Å². The van der Waals surface area contributed by atoms with E-state index in [-0.39, 0.29) is 0 Å². The monoisotopic (exact) mass is 307 g/mol. The first-order chi connectivity index (χ1) is 8.91. The van der Waals surface area contributed by atoms with Crippen molar-refractivity contribution >= 4 is 5.69 Å². The number of hydrazine groups is 1. The Kier molecular flexibility index (Phi) is 5.57. The minimum Gasteiger partial charge on any atom is -0.328 e. The molecule has 0 atom stereocenters. The highest BCUT2D eigenvalue weighted by atomic mass is 19.4. The van der Waals surface area contributed by atoms with Crippen LogP contribution in [-0.4, -0.2) is 10.3 Å². The third-order valence-corrected chi connectivity index (χ3v) is 1.82. The topological polar surface area (TPSA) is 101 Å². The summed E-state index contributed by atoms with van der Waals surface area (Å²) < 4.78 is 74.0. The Morgan fingerprint density at radius 1 is 1.10 bits per heavy atom. The van der Waals surface area contributed by atoms with Gasteiger partial charge < -0.3 is 10.6 Å². The van der Waals surface area contributed by atoms with Gasteiger partial charge in [0.05, 0.1) is 16.8 Å². The van der Waals surface area contributed by atoms with Crippen molar-refractivity contribution < 1.29 is 36.6 Å². The summed E-state index contributed by atoms with van der Waals surface area (Å²) in [6.45, 7) is 0. The van der Waals surface area contributed by atoms with Crippen LogP contribution in [0.25, 0.3) is 0 Å². The van der Waals surface area contributed by atoms with Crippen LogP contribution in [0.2, 0.25) is 0 Å². The second kappa shape index (κ2) is 6.27. The van der Waals surface area contributed by atoms with Gasteiger partial charge in [0.2, 0.25) is 0 Å². The van der Waals surface area contributed by atoms with E-state index in [1.165, 1.54) is 5.43 Å². The maximum absolute atomic E-state index is 12.3. The van der Waals surface area contributed by atoms with Crippen LogP contribution in [0.1, 0.15) is 11.1 Å². The average molecular weight is 307 g/mol. The summed E-state index contributed by atoms with van der Waals surface area (Å²) in [5.41, 5.74) is -2.65. The molecule has 0 fully saturated rings. The highest BCUT2D eigenvalue weighted by molar-refractivity contribution is 5.59. The predicted octanol–water partition coefficient (Wildman–Crippen LogP) is 2.66. The van der Waals surface area contributed by atoms with E-state index in [1.807, 2.05) is 0 Å². The minimum absolute atomic E-state index is 0.518. The molecule has 114 valence electrons. The average Bonchev–Trinajstić information content (AvgIpc) is 2.24. The first-order valence-corrected chi connectivity index (χ1v) is 4.48. The Bertz CT molecular complexity index is 437. The number of hydrogen-bond acceptors (Lipinski definition) is 4. The van der Waals surface area contributed by atoms with Crippen molar-refractivity contribution in [1.29, 1.82) is 0 Å². The van der Waals surface area contributed by atoms with Crippen molar-refractivity contribution in [2.45, 2.75) is 12.4 Å². The smallest absolute Gasteiger partial charge is 0.328 e. The normalized spacial score (nSPS) is 11.3. The quantitative estimate of drug-likeness (QED) is 0.320. The number of nitrogens with two attached hydrogens (primary N) is 1. The number of rotatable bonds is 1. The summed E-state index contributed by atoms with van der Waals surface area (Å²) >= 11 is 0. The molecule has 0 amide bonds. The van der Waals surface area contributed by atoms with Gasteiger partial charge in [0.1, 0.15) is 0 Å². The molecule has 1 aromatic carbocycles. The fourth-order valence-corrected chi connectivity index (χ4v) is 1.18. The van der Waals surface area contributed by atoms with E-state index in [0.29, 0.717) is 18.2 Å². The zero-order valence-electron chi connectivity index (χ0n) is 9.29. The number of nitrogens with one attached hydrogen (secondary N) is 1. The number of alkyl halides is 6. The number of benzene rings is 1. The van der Waals surface area contributed by atoms with E-state index >= 15 is 0 Å². The molecular formula is C8H7F6N3O3. The van der Waals surface area contributed by atoms with Gasteiger partial charge in [-0.3, -0.25) is 5.84 Å². The van der Waals surface area contributed by atoms with Crippen LogP contribution >= 0.6 is 0 Å². The lowest BCUT2D eigenvalue weighted by molar-refractivity contribution is -0.742. The van der Waals surface area contributed by atoms with Crippen molar-refractivity contribution in [3.05, 3.63) is 39.4 Å². The highest BCUT2D eigenvalue weighted by Gasteiger charge is 2.40. The summed E-state index contributed by atoms with van der Waals surface area (Å²) in [7, 11) is 0. The van der Waals surface area contributed by atoms with Crippen LogP contribution in [0.5, 0.6) is 0 Å². The Labute approximate surface area is 106 Å². The number of hydrogen-bond donors (Lipinski definition) is 3. The predicted molar refractivity (Wildman–Crippen MR) is 53.0 cm³/mol. The molecule has 0 saturated carbocycles. The molecule has 0 bridgehead atoms. The molecule has 0 spiro atoms. The lowest BCUT2D eigenvalue weighted by Crippen LogP contribution is -2.20. The van der Waals surface area contributed by atoms with Crippen LogP contribution in [0.15, 0.2) is 18.2 Å². The van der Waals surface area contributed by atoms with Gasteiger partial charge in [0.15, 0.2) is 0 Å². The van der Waals surface area contributed by atoms with Crippen LogP contribution < -0.4 is 11.3 Å². The van der Waals surface area contributed by atoms with Crippen LogP contribution in [-0.2, 0) is 12.4 Å². The standard InChI is InChI=1S/C8H6F6N2.HNO3/c9-7(10,11)4-2-1-3-5(6(4)16-15)8(12,13)14;2-1(3)4/h1-3,16H,15H2;(H,2,3,4). The molecule has 0 radical (unpaired) electrons. The second-order valence-electron chi connectivity index (χ2n) is 3.11. The molecule has 4 N–H and O–H groups in total. The largest absolute Gasteiger partial charge is 0.418 e. The van der Waals surface area contributed by atoms with Crippen LogP contribution in [0.3, 0.4) is 0 Å². The molecule has 12 heteroatoms. The van der Waals surface area contributed by atoms with Crippen molar-refractivity contribution in [2.24, 2.45) is 5.84 Å². The Morgan fingerprint density at radius 3 is 1.60 bits per heavy atom. The number of anilines is 1. The van der Waals surface area contributed by atoms with Crippen molar-refractivity contribution in [3.63, 3.8) is 0 Å². The summed E-state index contributed by atoms with van der Waals surface area (Å²) in [6, 6.07) is 1.71. The van der Waals surface area contributed by atoms with Crippen molar-refractivity contribution in [1.82, 2.24) is 0 Å². The molecular weight excluding hydrogens is 300 g/mol. The molecule has 0 aliphatic carbocycles. The van der Waals surface area contributed by atoms with E-state index in [2.05, 4.69) is 0 Å². The van der Waals surface area contributed by atoms with Crippen molar-refractivity contribution in [2.75, 3.05) is 5.43 Å². The molecule has 1 aromatic rings. The number of nitrogen functional groups attached to an aromatic ring is 1. The molecule has 0 unspecified atom stereocenters. The maximum Gasteiger partial charge on any atom is 0.418 e. The third-order valence-electron chi connectivity index (χ3n) is 1.82. The van der Waals surface area contributed by atoms with Gasteiger partial charge in [-0.25, -0.2) is 0 Å². The van der Waals surface area contributed by atoms with Crippen LogP contribution in [0.4, 0.5) is 32.0 Å². The fourth-order valence-electron chi connectivity index (χ4n) is 1.18. The van der Waals surface area contributed by atoms with Gasteiger partial charge in [-0.05, 0) is 12.1 Å². The molecule has 0 aromatic heterocycles. The summed E-state index contributed by atoms with van der Waals surface area (Å²) in [5.74, 6) is 4.69. The van der Waals surface area contributed by atoms with Gasteiger partial charge in [0.25, 0.3) is 5.09 Å². The Balaban J connectivity index is 0.000000796. The summed E-state index contributed by atoms with van der Waals surface area (Å²) in [4.78, 5) is 8.36. The zero-order chi connectivity index (χ0) is 16.1. The second-order valence-corrected chi connectivity index (χ2v) is 3.11. The number of para-hydroxylation sites is 1. The third kappa shape index (κ3) is 5.17. The first kappa shape index (κ1) is 17.8. The molecule has 20 heavy (non-hydrogen) atoms. The Morgan fingerprint density at radius 2 is 1.40 bits per heavy atom. The van der Waals surface area contributed by atoms with E-state index in [4.69, 9.17) is 21.2 Å². The summed E-state index contributed by atoms with van der Waals surface area (Å²) in [6.07, 6.45) is -9.80. The number of nitrogens with zero attached hydrogens (tertiary/aromatic N) is 1. The van der Waals surface area contributed by atoms with Gasteiger partial charge >= 0.3 is 12.4 Å². The van der Waals surface area contributed by atoms with E-state index in [9.17, 15) is 26.3 Å². The lowest BCUT2D eigenvalue weighted by atomic mass is 10.1. The molecule has 0 aliphatic rings. The molecule has 0 heterocycles. The van der Waals surface area contributed by atoms with Gasteiger partial charge in [-0.15, -0.1) is 10.1 Å². The number of halogens is 6. The fraction of sp³-hybridized carbons (Fsp3) is 0.250. The highest BCUT2D eigenvalue weighted by Crippen LogP contribution is 2.41. The zero-order valence-corrected chi connectivity index (χ0v) is 9.29. The maximum atomic E-state index is 12.3. The Hall–Kier alpha value is -2.24. The van der Waals surface area contributed by atoms with Crippen LogP contribution in [0, 0.1) is 10.1 Å². The SMILES string of the molecule is NNc1c(C(F)(F)F)cccc1C(F)(F)F.O=[N+]([O-])O. The van der Waals surface area contributed by atoms with Gasteiger partial charge in [-0.1, -0.05) is 6.07 Å². The molecule has 0 saturated heterocycles. The van der Waals surface area contributed by atoms with E-state index < -0.39 is 34.3 Å². The molecule has 1 rings (SSSR count). The van der Waals surface area contributed by atoms with E-state index in [1.54, 1.807) is 0 Å². The molecule has 0 aliphatic heterocycles. The molecule has 6 nitrogen and oxygen atoms in total. The van der Waals surface area contributed by atoms with Crippen molar-refractivity contribution in [3.8, 4) is 0 Å².